The Morgan fingerprint density at radius 3 is 1.97 bits per heavy atom. The van der Waals surface area contributed by atoms with Gasteiger partial charge in [-0.25, -0.2) is 4.98 Å². The van der Waals surface area contributed by atoms with E-state index in [1.807, 2.05) is 30.5 Å². The van der Waals surface area contributed by atoms with Gasteiger partial charge in [-0.15, -0.1) is 0 Å². The fraction of sp³-hybridized carbons (Fsp3) is 0.400. The van der Waals surface area contributed by atoms with Crippen molar-refractivity contribution in [3.05, 3.63) is 75.4 Å². The molecule has 38 heavy (non-hydrogen) atoms. The Bertz CT molecular complexity index is 1230. The second-order valence-corrected chi connectivity index (χ2v) is 11.4. The number of rotatable bonds is 8. The third-order valence-electron chi connectivity index (χ3n) is 7.98. The van der Waals surface area contributed by atoms with Crippen LogP contribution in [-0.2, 0) is 17.9 Å². The molecule has 0 N–H and O–H groups in total. The standard InChI is InChI=1S/C30H33BrClN3O3/c1-37-23-9-5-21(6-10-23)19-35(20-22-7-11-24(38-2)12-8-22)29-27(32)28(25(31)18-33-29)34-16-14-30(15-17-34)13-3-4-26(30)36/h5-12,18H,3-4,13-17,19-20H2,1-2H3. The maximum Gasteiger partial charge on any atom is 0.150 e. The molecule has 8 heteroatoms. The van der Waals surface area contributed by atoms with Gasteiger partial charge >= 0.3 is 0 Å². The Hall–Kier alpha value is -2.77. The van der Waals surface area contributed by atoms with Gasteiger partial charge in [0.15, 0.2) is 0 Å². The zero-order valence-electron chi connectivity index (χ0n) is 21.9. The van der Waals surface area contributed by atoms with E-state index < -0.39 is 0 Å². The van der Waals surface area contributed by atoms with Crippen LogP contribution in [0.25, 0.3) is 0 Å². The van der Waals surface area contributed by atoms with Crippen molar-refractivity contribution in [1.29, 1.82) is 0 Å². The number of ether oxygens (including phenoxy) is 2. The number of pyridine rings is 1. The molecule has 2 heterocycles. The van der Waals surface area contributed by atoms with E-state index in [0.717, 1.165) is 83.8 Å². The van der Waals surface area contributed by atoms with Gasteiger partial charge in [-0.3, -0.25) is 4.79 Å². The highest BCUT2D eigenvalue weighted by Crippen LogP contribution is 2.47. The molecule has 0 bridgehead atoms. The van der Waals surface area contributed by atoms with Crippen LogP contribution in [0.1, 0.15) is 43.2 Å². The lowest BCUT2D eigenvalue weighted by atomic mass is 9.76. The number of benzene rings is 2. The third-order valence-corrected chi connectivity index (χ3v) is 8.91. The van der Waals surface area contributed by atoms with Crippen molar-refractivity contribution in [3.63, 3.8) is 0 Å². The van der Waals surface area contributed by atoms with E-state index in [0.29, 0.717) is 23.9 Å². The average Bonchev–Trinajstić information content (AvgIpc) is 3.29. The van der Waals surface area contributed by atoms with E-state index in [2.05, 4.69) is 50.0 Å². The number of nitrogens with zero attached hydrogens (tertiary/aromatic N) is 3. The van der Waals surface area contributed by atoms with Gasteiger partial charge in [-0.1, -0.05) is 35.9 Å². The summed E-state index contributed by atoms with van der Waals surface area (Å²) in [6.07, 6.45) is 6.38. The molecule has 1 saturated carbocycles. The first kappa shape index (κ1) is 26.8. The predicted octanol–water partition coefficient (Wildman–Crippen LogP) is 7.06. The normalized spacial score (nSPS) is 16.6. The van der Waals surface area contributed by atoms with Crippen molar-refractivity contribution in [3.8, 4) is 11.5 Å². The first-order valence-corrected chi connectivity index (χ1v) is 14.2. The highest BCUT2D eigenvalue weighted by molar-refractivity contribution is 9.10. The Morgan fingerprint density at radius 1 is 0.947 bits per heavy atom. The molecule has 1 aliphatic carbocycles. The molecular weight excluding hydrogens is 566 g/mol. The summed E-state index contributed by atoms with van der Waals surface area (Å²) in [4.78, 5) is 21.9. The van der Waals surface area contributed by atoms with Crippen LogP contribution in [0.15, 0.2) is 59.2 Å². The third kappa shape index (κ3) is 5.50. The molecule has 2 aromatic carbocycles. The molecule has 5 rings (SSSR count). The first-order chi connectivity index (χ1) is 18.4. The van der Waals surface area contributed by atoms with Gasteiger partial charge in [0.25, 0.3) is 0 Å². The lowest BCUT2D eigenvalue weighted by Gasteiger charge is -2.40. The summed E-state index contributed by atoms with van der Waals surface area (Å²) in [6, 6.07) is 16.1. The molecule has 1 aliphatic heterocycles. The highest BCUT2D eigenvalue weighted by atomic mass is 79.9. The van der Waals surface area contributed by atoms with Gasteiger partial charge < -0.3 is 19.3 Å². The summed E-state index contributed by atoms with van der Waals surface area (Å²) < 4.78 is 11.6. The van der Waals surface area contributed by atoms with Gasteiger partial charge in [-0.05, 0) is 77.0 Å². The van der Waals surface area contributed by atoms with Crippen molar-refractivity contribution in [2.24, 2.45) is 5.41 Å². The Kier molecular flexibility index (Phi) is 8.15. The monoisotopic (exact) mass is 597 g/mol. The van der Waals surface area contributed by atoms with Crippen LogP contribution >= 0.6 is 27.5 Å². The zero-order valence-corrected chi connectivity index (χ0v) is 24.2. The molecule has 1 spiro atoms. The number of piperidine rings is 1. The van der Waals surface area contributed by atoms with Gasteiger partial charge in [0.05, 0.1) is 24.4 Å². The number of halogens is 2. The highest BCUT2D eigenvalue weighted by Gasteiger charge is 2.44. The van der Waals surface area contributed by atoms with E-state index in [1.165, 1.54) is 0 Å². The maximum absolute atomic E-state index is 12.6. The first-order valence-electron chi connectivity index (χ1n) is 13.1. The maximum atomic E-state index is 12.6. The van der Waals surface area contributed by atoms with E-state index in [1.54, 1.807) is 14.2 Å². The van der Waals surface area contributed by atoms with Gasteiger partial charge in [0, 0.05) is 44.2 Å². The molecule has 6 nitrogen and oxygen atoms in total. The molecule has 0 amide bonds. The van der Waals surface area contributed by atoms with Crippen LogP contribution in [0.4, 0.5) is 11.5 Å². The number of hydrogen-bond acceptors (Lipinski definition) is 6. The Labute approximate surface area is 238 Å². The smallest absolute Gasteiger partial charge is 0.150 e. The topological polar surface area (TPSA) is 54.9 Å². The Morgan fingerprint density at radius 2 is 1.50 bits per heavy atom. The number of hydrogen-bond donors (Lipinski definition) is 0. The minimum Gasteiger partial charge on any atom is -0.497 e. The van der Waals surface area contributed by atoms with E-state index in [9.17, 15) is 4.79 Å². The molecule has 1 saturated heterocycles. The summed E-state index contributed by atoms with van der Waals surface area (Å²) in [5.74, 6) is 2.82. The van der Waals surface area contributed by atoms with Crippen molar-refractivity contribution in [2.75, 3.05) is 37.1 Å². The Balaban J connectivity index is 1.45. The molecule has 200 valence electrons. The summed E-state index contributed by atoms with van der Waals surface area (Å²) in [5.41, 5.74) is 3.08. The van der Waals surface area contributed by atoms with Crippen molar-refractivity contribution < 1.29 is 14.3 Å². The summed E-state index contributed by atoms with van der Waals surface area (Å²) in [5, 5.41) is 0.620. The van der Waals surface area contributed by atoms with Crippen LogP contribution in [-0.4, -0.2) is 38.1 Å². The summed E-state index contributed by atoms with van der Waals surface area (Å²) in [6.45, 7) is 2.87. The second kappa shape index (κ2) is 11.5. The largest absolute Gasteiger partial charge is 0.497 e. The lowest BCUT2D eigenvalue weighted by molar-refractivity contribution is -0.126. The number of Topliss-reactive ketones (excluding diaryl/α,β-unsaturated/α-hetero) is 1. The quantitative estimate of drug-likeness (QED) is 0.277. The summed E-state index contributed by atoms with van der Waals surface area (Å²) in [7, 11) is 3.34. The van der Waals surface area contributed by atoms with Gasteiger partial charge in [-0.2, -0.15) is 0 Å². The number of ketones is 1. The number of carbonyl (C=O) groups excluding carboxylic acids is 1. The van der Waals surface area contributed by atoms with Crippen LogP contribution < -0.4 is 19.3 Å². The minimum atomic E-state index is -0.125. The van der Waals surface area contributed by atoms with E-state index >= 15 is 0 Å². The summed E-state index contributed by atoms with van der Waals surface area (Å²) >= 11 is 10.9. The number of methoxy groups -OCH3 is 2. The van der Waals surface area contributed by atoms with E-state index in [4.69, 9.17) is 26.1 Å². The SMILES string of the molecule is COc1ccc(CN(Cc2ccc(OC)cc2)c2ncc(Br)c(N3CCC4(CCCC4=O)CC3)c2Cl)cc1. The van der Waals surface area contributed by atoms with Gasteiger partial charge in [0.1, 0.15) is 28.1 Å². The average molecular weight is 599 g/mol. The molecule has 0 atom stereocenters. The van der Waals surface area contributed by atoms with Crippen molar-refractivity contribution in [2.45, 2.75) is 45.2 Å². The fourth-order valence-electron chi connectivity index (χ4n) is 5.74. The lowest BCUT2D eigenvalue weighted by Crippen LogP contribution is -2.42. The second-order valence-electron chi connectivity index (χ2n) is 10.2. The van der Waals surface area contributed by atoms with Gasteiger partial charge in [0.2, 0.25) is 0 Å². The van der Waals surface area contributed by atoms with Crippen LogP contribution in [0.5, 0.6) is 11.5 Å². The van der Waals surface area contributed by atoms with Crippen molar-refractivity contribution in [1.82, 2.24) is 4.98 Å². The number of anilines is 2. The van der Waals surface area contributed by atoms with Crippen LogP contribution in [0, 0.1) is 5.41 Å². The predicted molar refractivity (Wildman–Crippen MR) is 156 cm³/mol. The molecule has 2 fully saturated rings. The molecule has 3 aromatic rings. The molecule has 1 aromatic heterocycles. The molecule has 0 unspecified atom stereocenters. The number of carbonyl (C=O) groups is 1. The van der Waals surface area contributed by atoms with Crippen molar-refractivity contribution >= 4 is 44.8 Å². The molecule has 2 aliphatic rings. The molecule has 0 radical (unpaired) electrons. The zero-order chi connectivity index (χ0) is 26.7. The fourth-order valence-corrected chi connectivity index (χ4v) is 6.80. The van der Waals surface area contributed by atoms with Crippen LogP contribution in [0.2, 0.25) is 5.02 Å². The molecular formula is C30H33BrClN3O3. The number of aromatic nitrogens is 1. The van der Waals surface area contributed by atoms with Crippen LogP contribution in [0.3, 0.4) is 0 Å². The minimum absolute atomic E-state index is 0.125. The van der Waals surface area contributed by atoms with E-state index in [-0.39, 0.29) is 5.41 Å².